The van der Waals surface area contributed by atoms with Crippen molar-refractivity contribution >= 4 is 40.8 Å². The number of rotatable bonds is 17. The van der Waals surface area contributed by atoms with Crippen molar-refractivity contribution in [2.45, 2.75) is 108 Å². The maximum absolute atomic E-state index is 14.0. The zero-order valence-electron chi connectivity index (χ0n) is 30.5. The number of hydrazone groups is 1. The summed E-state index contributed by atoms with van der Waals surface area (Å²) in [5, 5.41) is 21.6. The lowest BCUT2D eigenvalue weighted by molar-refractivity contribution is -0.122. The number of anilines is 2. The van der Waals surface area contributed by atoms with Gasteiger partial charge in [0.2, 0.25) is 5.16 Å². The van der Waals surface area contributed by atoms with Crippen molar-refractivity contribution in [3.63, 3.8) is 0 Å². The number of ether oxygens (including phenoxy) is 1. The van der Waals surface area contributed by atoms with E-state index in [4.69, 9.17) is 9.84 Å². The number of thioether (sulfide) groups is 1. The molecule has 1 aromatic heterocycles. The smallest absolute Gasteiger partial charge is 0.268 e. The molecule has 2 atom stereocenters. The van der Waals surface area contributed by atoms with E-state index in [1.54, 1.807) is 16.8 Å². The number of hydrogen-bond donors (Lipinski definition) is 1. The van der Waals surface area contributed by atoms with Gasteiger partial charge in [-0.05, 0) is 109 Å². The van der Waals surface area contributed by atoms with Crippen LogP contribution in [0.25, 0.3) is 5.69 Å². The van der Waals surface area contributed by atoms with Crippen LogP contribution in [0.4, 0.5) is 11.4 Å². The maximum Gasteiger partial charge on any atom is 0.268 e. The summed E-state index contributed by atoms with van der Waals surface area (Å²) in [4.78, 5) is 29.7. The van der Waals surface area contributed by atoms with Crippen molar-refractivity contribution in [1.82, 2.24) is 25.1 Å². The summed E-state index contributed by atoms with van der Waals surface area (Å²) in [6.45, 7) is 8.08. The molecule has 0 saturated carbocycles. The number of likely N-dealkylation sites (tertiary alicyclic amines) is 1. The van der Waals surface area contributed by atoms with Gasteiger partial charge in [-0.2, -0.15) is 14.8 Å². The molecule has 3 heterocycles. The largest absolute Gasteiger partial charge is 0.480 e. The molecular weight excluding hydrogens is 673 g/mol. The summed E-state index contributed by atoms with van der Waals surface area (Å²) in [6, 6.07) is 23.3. The molecule has 2 aliphatic heterocycles. The Bertz CT molecular complexity index is 1810. The lowest BCUT2D eigenvalue weighted by Gasteiger charge is -2.20. The van der Waals surface area contributed by atoms with Gasteiger partial charge in [-0.15, -0.1) is 5.10 Å². The van der Waals surface area contributed by atoms with Gasteiger partial charge in [0.15, 0.2) is 11.4 Å². The van der Waals surface area contributed by atoms with Crippen LogP contribution in [-0.4, -0.2) is 67.2 Å². The number of carbonyl (C=O) groups is 2. The van der Waals surface area contributed by atoms with Crippen molar-refractivity contribution in [2.24, 2.45) is 5.10 Å². The molecule has 2 aliphatic rings. The quantitative estimate of drug-likeness (QED) is 0.110. The van der Waals surface area contributed by atoms with Gasteiger partial charge in [-0.25, -0.2) is 0 Å². The summed E-state index contributed by atoms with van der Waals surface area (Å²) in [7, 11) is 0. The predicted octanol–water partition coefficient (Wildman–Crippen LogP) is 7.84. The molecule has 52 heavy (non-hydrogen) atoms. The number of para-hydroxylation sites is 1. The summed E-state index contributed by atoms with van der Waals surface area (Å²) in [5.74, 6) is 1.12. The third-order valence-corrected chi connectivity index (χ3v) is 10.6. The second kappa shape index (κ2) is 18.2. The molecule has 0 bridgehead atoms. The molecule has 12 heteroatoms. The fourth-order valence-electron chi connectivity index (χ4n) is 6.61. The lowest BCUT2D eigenvalue weighted by atomic mass is 10.00. The Morgan fingerprint density at radius 2 is 1.63 bits per heavy atom. The van der Waals surface area contributed by atoms with Crippen molar-refractivity contribution in [3.8, 4) is 11.4 Å². The number of tetrazole rings is 1. The van der Waals surface area contributed by atoms with Crippen LogP contribution in [0.3, 0.4) is 0 Å². The van der Waals surface area contributed by atoms with E-state index >= 15 is 0 Å². The molecule has 6 rings (SSSR count). The van der Waals surface area contributed by atoms with E-state index in [0.717, 1.165) is 69.5 Å². The first-order valence-corrected chi connectivity index (χ1v) is 19.7. The van der Waals surface area contributed by atoms with Crippen LogP contribution >= 0.6 is 11.8 Å². The minimum atomic E-state index is -0.645. The summed E-state index contributed by atoms with van der Waals surface area (Å²) >= 11 is 1.30. The first-order chi connectivity index (χ1) is 25.5. The third kappa shape index (κ3) is 9.01. The number of unbranched alkanes of at least 4 members (excludes halogenated alkanes) is 4. The molecule has 11 nitrogen and oxygen atoms in total. The Hall–Kier alpha value is -4.71. The van der Waals surface area contributed by atoms with Gasteiger partial charge >= 0.3 is 0 Å². The first kappa shape index (κ1) is 37.1. The Balaban J connectivity index is 1.14. The highest BCUT2D eigenvalue weighted by molar-refractivity contribution is 8.01. The van der Waals surface area contributed by atoms with E-state index in [2.05, 4.69) is 51.7 Å². The molecule has 0 spiro atoms. The van der Waals surface area contributed by atoms with E-state index in [9.17, 15) is 9.59 Å². The molecule has 0 radical (unpaired) electrons. The topological polar surface area (TPSA) is 118 Å². The number of amidine groups is 1. The second-order valence-electron chi connectivity index (χ2n) is 13.4. The molecular formula is C40H50N8O3S. The first-order valence-electron chi connectivity index (χ1n) is 18.9. The fourth-order valence-corrected chi connectivity index (χ4v) is 7.64. The average Bonchev–Trinajstić information content (AvgIpc) is 3.94. The van der Waals surface area contributed by atoms with Gasteiger partial charge < -0.3 is 15.0 Å². The van der Waals surface area contributed by atoms with Gasteiger partial charge in [0.05, 0.1) is 11.4 Å². The van der Waals surface area contributed by atoms with Crippen molar-refractivity contribution in [1.29, 1.82) is 0 Å². The highest BCUT2D eigenvalue weighted by atomic mass is 32.2. The van der Waals surface area contributed by atoms with Gasteiger partial charge in [-0.1, -0.05) is 88.5 Å². The molecule has 3 aromatic carbocycles. The molecule has 1 N–H and O–H groups in total. The molecule has 2 unspecified atom stereocenters. The average molecular weight is 723 g/mol. The molecule has 1 saturated heterocycles. The SMILES string of the molecule is CCCCCc1ccc(OC(CC)C(=O)Nc2ccc(N3N=C(N4CCCC4)C(Sc4nnnn4-c4ccccc4)C3=O)cc2)c(CCCCC)c1. The highest BCUT2D eigenvalue weighted by Crippen LogP contribution is 2.34. The number of carbonyl (C=O) groups excluding carboxylic acids is 2. The van der Waals surface area contributed by atoms with Crippen LogP contribution in [-0.2, 0) is 22.4 Å². The van der Waals surface area contributed by atoms with Crippen LogP contribution < -0.4 is 15.1 Å². The zero-order chi connectivity index (χ0) is 36.3. The Labute approximate surface area is 311 Å². The number of hydrogen-bond acceptors (Lipinski definition) is 9. The molecule has 2 amide bonds. The van der Waals surface area contributed by atoms with Crippen LogP contribution in [0.5, 0.6) is 5.75 Å². The van der Waals surface area contributed by atoms with Gasteiger partial charge in [-0.3, -0.25) is 9.59 Å². The Morgan fingerprint density at radius 3 is 2.35 bits per heavy atom. The molecule has 1 fully saturated rings. The molecule has 0 aliphatic carbocycles. The second-order valence-corrected chi connectivity index (χ2v) is 14.5. The lowest BCUT2D eigenvalue weighted by Crippen LogP contribution is -2.37. The van der Waals surface area contributed by atoms with Crippen molar-refractivity contribution < 1.29 is 14.3 Å². The van der Waals surface area contributed by atoms with E-state index in [-0.39, 0.29) is 11.8 Å². The zero-order valence-corrected chi connectivity index (χ0v) is 31.4. The third-order valence-electron chi connectivity index (χ3n) is 9.52. The fraction of sp³-hybridized carbons (Fsp3) is 0.450. The monoisotopic (exact) mass is 722 g/mol. The summed E-state index contributed by atoms with van der Waals surface area (Å²) in [6.07, 6.45) is 11.0. The van der Waals surface area contributed by atoms with Gasteiger partial charge in [0, 0.05) is 18.8 Å². The maximum atomic E-state index is 14.0. The number of nitrogens with zero attached hydrogens (tertiary/aromatic N) is 7. The molecule has 274 valence electrons. The number of nitrogens with one attached hydrogen (secondary N) is 1. The Kier molecular flexibility index (Phi) is 12.9. The Morgan fingerprint density at radius 1 is 0.904 bits per heavy atom. The summed E-state index contributed by atoms with van der Waals surface area (Å²) < 4.78 is 8.05. The normalized spacial score (nSPS) is 16.3. The van der Waals surface area contributed by atoms with E-state index in [1.807, 2.05) is 55.5 Å². The van der Waals surface area contributed by atoms with Crippen LogP contribution in [0.15, 0.2) is 83.1 Å². The minimum absolute atomic E-state index is 0.170. The minimum Gasteiger partial charge on any atom is -0.480 e. The van der Waals surface area contributed by atoms with Crippen LogP contribution in [0.2, 0.25) is 0 Å². The van der Waals surface area contributed by atoms with Gasteiger partial charge in [0.1, 0.15) is 11.6 Å². The van der Waals surface area contributed by atoms with Crippen molar-refractivity contribution in [3.05, 3.63) is 83.9 Å². The predicted molar refractivity (Wildman–Crippen MR) is 207 cm³/mol. The van der Waals surface area contributed by atoms with Gasteiger partial charge in [0.25, 0.3) is 11.8 Å². The van der Waals surface area contributed by atoms with Crippen LogP contribution in [0.1, 0.15) is 89.7 Å². The van der Waals surface area contributed by atoms with E-state index < -0.39 is 11.4 Å². The van der Waals surface area contributed by atoms with E-state index in [1.165, 1.54) is 47.2 Å². The molecule has 4 aromatic rings. The standard InChI is InChI=1S/C40H50N8O3S/c1-4-7-10-16-29-20-25-35(30(28-29)17-11-8-5-2)51-34(6-3)38(49)41-31-21-23-33(24-22-31)47-39(50)36(37(43-47)46-26-14-15-27-46)52-40-42-44-45-48(40)32-18-12-9-13-19-32/h9,12-13,18-25,28,34,36H,4-8,10-11,14-17,26-27H2,1-3H3,(H,41,49). The number of aryl methyl sites for hydroxylation is 2. The number of amides is 2. The number of aromatic nitrogens is 4. The van der Waals surface area contributed by atoms with E-state index in [0.29, 0.717) is 28.8 Å². The number of benzene rings is 3. The highest BCUT2D eigenvalue weighted by Gasteiger charge is 2.42. The summed E-state index contributed by atoms with van der Waals surface area (Å²) in [5.41, 5.74) is 4.55. The van der Waals surface area contributed by atoms with Crippen LogP contribution in [0, 0.1) is 0 Å². The van der Waals surface area contributed by atoms with Crippen molar-refractivity contribution in [2.75, 3.05) is 23.4 Å².